The van der Waals surface area contributed by atoms with E-state index in [9.17, 15) is 0 Å². The Kier molecular flexibility index (Phi) is 8.16. The molecule has 6 nitrogen and oxygen atoms in total. The summed E-state index contributed by atoms with van der Waals surface area (Å²) in [6, 6.07) is 11.5. The number of anilines is 2. The fourth-order valence-electron chi connectivity index (χ4n) is 2.63. The van der Waals surface area contributed by atoms with Crippen molar-refractivity contribution in [2.45, 2.75) is 25.4 Å². The first-order valence-electron chi connectivity index (χ1n) is 7.38. The number of nitrogens with zero attached hydrogens (tertiary/aromatic N) is 3. The summed E-state index contributed by atoms with van der Waals surface area (Å²) >= 11 is 0. The Morgan fingerprint density at radius 2 is 1.83 bits per heavy atom. The first kappa shape index (κ1) is 19.5. The van der Waals surface area contributed by atoms with Crippen molar-refractivity contribution in [2.24, 2.45) is 0 Å². The van der Waals surface area contributed by atoms with E-state index in [4.69, 9.17) is 4.42 Å². The van der Waals surface area contributed by atoms with Crippen LogP contribution < -0.4 is 15.5 Å². The van der Waals surface area contributed by atoms with E-state index in [0.717, 1.165) is 25.9 Å². The molecule has 2 heterocycles. The summed E-state index contributed by atoms with van der Waals surface area (Å²) in [5.41, 5.74) is 1.30. The minimum Gasteiger partial charge on any atom is -0.407 e. The summed E-state index contributed by atoms with van der Waals surface area (Å²) < 4.78 is 5.53. The Hall–Kier alpha value is -1.50. The van der Waals surface area contributed by atoms with E-state index in [2.05, 4.69) is 56.1 Å². The summed E-state index contributed by atoms with van der Waals surface area (Å²) in [5, 5.41) is 14.3. The third-order valence-electron chi connectivity index (χ3n) is 3.74. The number of para-hydroxylation sites is 1. The Bertz CT molecular complexity index is 558. The van der Waals surface area contributed by atoms with Gasteiger partial charge in [-0.3, -0.25) is 0 Å². The maximum absolute atomic E-state index is 5.53. The monoisotopic (exact) mass is 359 g/mol. The molecule has 0 spiro atoms. The van der Waals surface area contributed by atoms with Crippen LogP contribution in [-0.4, -0.2) is 36.4 Å². The molecular weight excluding hydrogens is 337 g/mol. The lowest BCUT2D eigenvalue weighted by Crippen LogP contribution is -2.39. The zero-order chi connectivity index (χ0) is 14.5. The molecule has 0 aliphatic carbocycles. The molecule has 1 aliphatic heterocycles. The van der Waals surface area contributed by atoms with Gasteiger partial charge in [0.15, 0.2) is 0 Å². The maximum Gasteiger partial charge on any atom is 0.315 e. The second-order valence-electron chi connectivity index (χ2n) is 5.27. The smallest absolute Gasteiger partial charge is 0.315 e. The largest absolute Gasteiger partial charge is 0.407 e. The number of halogens is 2. The van der Waals surface area contributed by atoms with Crippen LogP contribution in [0.2, 0.25) is 0 Å². The molecule has 8 heteroatoms. The van der Waals surface area contributed by atoms with Crippen LogP contribution in [0.25, 0.3) is 0 Å². The van der Waals surface area contributed by atoms with Gasteiger partial charge in [-0.2, -0.15) is 0 Å². The van der Waals surface area contributed by atoms with Gasteiger partial charge in [-0.15, -0.1) is 29.9 Å². The van der Waals surface area contributed by atoms with Crippen LogP contribution in [0.1, 0.15) is 18.7 Å². The van der Waals surface area contributed by atoms with E-state index in [-0.39, 0.29) is 24.8 Å². The van der Waals surface area contributed by atoms with Gasteiger partial charge in [0.25, 0.3) is 0 Å². The van der Waals surface area contributed by atoms with Crippen LogP contribution in [-0.2, 0) is 6.54 Å². The van der Waals surface area contributed by atoms with Crippen molar-refractivity contribution in [1.82, 2.24) is 15.5 Å². The highest BCUT2D eigenvalue weighted by Crippen LogP contribution is 2.21. The standard InChI is InChI=1S/C15H21N5O.2ClH/c1-16-11-14-18-19-15(21-14)17-12-7-9-20(10-8-12)13-5-3-2-4-6-13;;/h2-6,12,16H,7-11H2,1H3,(H,17,19);2*1H. The molecule has 0 unspecified atom stereocenters. The molecule has 1 fully saturated rings. The molecule has 128 valence electrons. The molecule has 0 radical (unpaired) electrons. The van der Waals surface area contributed by atoms with Crippen molar-refractivity contribution in [3.8, 4) is 0 Å². The number of hydrogen-bond donors (Lipinski definition) is 2. The number of hydrogen-bond acceptors (Lipinski definition) is 6. The van der Waals surface area contributed by atoms with Gasteiger partial charge in [0.05, 0.1) is 6.54 Å². The fourth-order valence-corrected chi connectivity index (χ4v) is 2.63. The molecule has 1 saturated heterocycles. The molecule has 2 aromatic rings. The number of piperidine rings is 1. The predicted octanol–water partition coefficient (Wildman–Crippen LogP) is 2.71. The molecule has 1 aliphatic rings. The highest BCUT2D eigenvalue weighted by atomic mass is 35.5. The van der Waals surface area contributed by atoms with Gasteiger partial charge in [0.2, 0.25) is 5.89 Å². The van der Waals surface area contributed by atoms with Crippen molar-refractivity contribution < 1.29 is 4.42 Å². The Morgan fingerprint density at radius 3 is 2.48 bits per heavy atom. The van der Waals surface area contributed by atoms with Crippen molar-refractivity contribution in [2.75, 3.05) is 30.4 Å². The highest BCUT2D eigenvalue weighted by Gasteiger charge is 2.20. The Morgan fingerprint density at radius 1 is 1.13 bits per heavy atom. The molecule has 23 heavy (non-hydrogen) atoms. The van der Waals surface area contributed by atoms with Gasteiger partial charge in [-0.1, -0.05) is 23.3 Å². The van der Waals surface area contributed by atoms with E-state index in [1.54, 1.807) is 0 Å². The molecule has 1 aromatic carbocycles. The quantitative estimate of drug-likeness (QED) is 0.855. The zero-order valence-corrected chi connectivity index (χ0v) is 14.7. The minimum absolute atomic E-state index is 0. The molecule has 1 aromatic heterocycles. The fraction of sp³-hybridized carbons (Fsp3) is 0.467. The summed E-state index contributed by atoms with van der Waals surface area (Å²) in [6.45, 7) is 2.68. The molecule has 0 amide bonds. The molecule has 2 N–H and O–H groups in total. The Balaban J connectivity index is 0.00000132. The highest BCUT2D eigenvalue weighted by molar-refractivity contribution is 5.85. The van der Waals surface area contributed by atoms with Gasteiger partial charge >= 0.3 is 6.01 Å². The lowest BCUT2D eigenvalue weighted by atomic mass is 10.0. The minimum atomic E-state index is 0. The number of rotatable bonds is 5. The summed E-state index contributed by atoms with van der Waals surface area (Å²) in [7, 11) is 1.86. The van der Waals surface area contributed by atoms with Crippen molar-refractivity contribution >= 4 is 36.5 Å². The van der Waals surface area contributed by atoms with E-state index in [1.165, 1.54) is 5.69 Å². The van der Waals surface area contributed by atoms with Gasteiger partial charge in [-0.25, -0.2) is 0 Å². The van der Waals surface area contributed by atoms with Crippen molar-refractivity contribution in [1.29, 1.82) is 0 Å². The number of aromatic nitrogens is 2. The van der Waals surface area contributed by atoms with Gasteiger partial charge in [0, 0.05) is 24.8 Å². The number of nitrogens with one attached hydrogen (secondary N) is 2. The van der Waals surface area contributed by atoms with Crippen LogP contribution in [0, 0.1) is 0 Å². The lowest BCUT2D eigenvalue weighted by molar-refractivity contribution is 0.466. The summed E-state index contributed by atoms with van der Waals surface area (Å²) in [6.07, 6.45) is 2.14. The van der Waals surface area contributed by atoms with Crippen LogP contribution in [0.3, 0.4) is 0 Å². The second kappa shape index (κ2) is 9.60. The van der Waals surface area contributed by atoms with Gasteiger partial charge in [-0.05, 0) is 32.0 Å². The number of benzene rings is 1. The Labute approximate surface area is 148 Å². The first-order valence-corrected chi connectivity index (χ1v) is 7.38. The van der Waals surface area contributed by atoms with Crippen LogP contribution in [0.15, 0.2) is 34.7 Å². The van der Waals surface area contributed by atoms with Gasteiger partial charge < -0.3 is 20.0 Å². The molecule has 0 saturated carbocycles. The SMILES string of the molecule is CNCc1nnc(NC2CCN(c3ccccc3)CC2)o1.Cl.Cl. The maximum atomic E-state index is 5.53. The molecular formula is C15H23Cl2N5O. The van der Waals surface area contributed by atoms with E-state index in [0.29, 0.717) is 24.5 Å². The lowest BCUT2D eigenvalue weighted by Gasteiger charge is -2.33. The molecule has 3 rings (SSSR count). The van der Waals surface area contributed by atoms with E-state index >= 15 is 0 Å². The molecule has 0 bridgehead atoms. The van der Waals surface area contributed by atoms with Crippen molar-refractivity contribution in [3.05, 3.63) is 36.2 Å². The van der Waals surface area contributed by atoms with Gasteiger partial charge in [0.1, 0.15) is 0 Å². The normalized spacial score (nSPS) is 14.7. The topological polar surface area (TPSA) is 66.2 Å². The van der Waals surface area contributed by atoms with Crippen LogP contribution in [0.5, 0.6) is 0 Å². The zero-order valence-electron chi connectivity index (χ0n) is 13.1. The molecule has 0 atom stereocenters. The third kappa shape index (κ3) is 5.27. The van der Waals surface area contributed by atoms with E-state index < -0.39 is 0 Å². The van der Waals surface area contributed by atoms with Crippen molar-refractivity contribution in [3.63, 3.8) is 0 Å². The van der Waals surface area contributed by atoms with E-state index in [1.807, 2.05) is 7.05 Å². The summed E-state index contributed by atoms with van der Waals surface area (Å²) in [4.78, 5) is 2.42. The summed E-state index contributed by atoms with van der Waals surface area (Å²) in [5.74, 6) is 0.613. The average Bonchev–Trinajstić information content (AvgIpc) is 2.97. The average molecular weight is 360 g/mol. The predicted molar refractivity (Wildman–Crippen MR) is 96.9 cm³/mol. The first-order chi connectivity index (χ1) is 10.3. The third-order valence-corrected chi connectivity index (χ3v) is 3.74. The second-order valence-corrected chi connectivity index (χ2v) is 5.27. The van der Waals surface area contributed by atoms with Crippen LogP contribution in [0.4, 0.5) is 11.7 Å². The van der Waals surface area contributed by atoms with Crippen LogP contribution >= 0.6 is 24.8 Å².